The molecule has 2 N–H and O–H groups in total. The summed E-state index contributed by atoms with van der Waals surface area (Å²) in [5.41, 5.74) is 0.183. The maximum Gasteiger partial charge on any atom is 0.223 e. The molecule has 1 aliphatic rings. The lowest BCUT2D eigenvalue weighted by Gasteiger charge is -2.24. The molecule has 1 aliphatic heterocycles. The topological polar surface area (TPSA) is 41.1 Å². The zero-order valence-electron chi connectivity index (χ0n) is 10.9. The van der Waals surface area contributed by atoms with E-state index in [1.165, 1.54) is 0 Å². The first-order valence-corrected chi connectivity index (χ1v) is 6.54. The number of hydrogen-bond acceptors (Lipinski definition) is 2. The quantitative estimate of drug-likeness (QED) is 0.882. The van der Waals surface area contributed by atoms with Gasteiger partial charge in [-0.1, -0.05) is 0 Å². The first-order chi connectivity index (χ1) is 9.08. The standard InChI is InChI=1S/C14H18F2N2O/c1-9(12-8-11(15)2-3-13(12)16)18-14(19)10-4-6-17-7-5-10/h2-3,8-10,17H,4-7H2,1H3,(H,18,19). The summed E-state index contributed by atoms with van der Waals surface area (Å²) >= 11 is 0. The third-order valence-corrected chi connectivity index (χ3v) is 3.49. The predicted molar refractivity (Wildman–Crippen MR) is 68.5 cm³/mol. The highest BCUT2D eigenvalue weighted by molar-refractivity contribution is 5.79. The minimum absolute atomic E-state index is 0.0414. The Morgan fingerprint density at radius 1 is 1.37 bits per heavy atom. The van der Waals surface area contributed by atoms with Crippen LogP contribution in [0.5, 0.6) is 0 Å². The molecule has 1 aromatic carbocycles. The fourth-order valence-corrected chi connectivity index (χ4v) is 2.34. The average molecular weight is 268 g/mol. The Labute approximate surface area is 111 Å². The van der Waals surface area contributed by atoms with Crippen LogP contribution >= 0.6 is 0 Å². The Balaban J connectivity index is 2.01. The van der Waals surface area contributed by atoms with Gasteiger partial charge in [-0.2, -0.15) is 0 Å². The molecule has 1 amide bonds. The number of benzene rings is 1. The molecule has 0 aliphatic carbocycles. The average Bonchev–Trinajstić information content (AvgIpc) is 2.42. The van der Waals surface area contributed by atoms with Crippen LogP contribution in [-0.4, -0.2) is 19.0 Å². The van der Waals surface area contributed by atoms with Crippen LogP contribution < -0.4 is 10.6 Å². The van der Waals surface area contributed by atoms with E-state index >= 15 is 0 Å². The van der Waals surface area contributed by atoms with Crippen molar-refractivity contribution >= 4 is 5.91 Å². The van der Waals surface area contributed by atoms with E-state index in [-0.39, 0.29) is 17.4 Å². The first-order valence-electron chi connectivity index (χ1n) is 6.54. The number of halogens is 2. The maximum absolute atomic E-state index is 13.6. The number of rotatable bonds is 3. The molecule has 19 heavy (non-hydrogen) atoms. The highest BCUT2D eigenvalue weighted by Crippen LogP contribution is 2.20. The van der Waals surface area contributed by atoms with Crippen molar-refractivity contribution in [2.24, 2.45) is 5.92 Å². The second-order valence-electron chi connectivity index (χ2n) is 4.92. The van der Waals surface area contributed by atoms with Crippen LogP contribution in [0.1, 0.15) is 31.4 Å². The van der Waals surface area contributed by atoms with Crippen molar-refractivity contribution in [2.75, 3.05) is 13.1 Å². The number of piperidine rings is 1. The molecule has 5 heteroatoms. The lowest BCUT2D eigenvalue weighted by molar-refractivity contribution is -0.126. The van der Waals surface area contributed by atoms with Crippen LogP contribution in [-0.2, 0) is 4.79 Å². The van der Waals surface area contributed by atoms with Gasteiger partial charge >= 0.3 is 0 Å². The van der Waals surface area contributed by atoms with Gasteiger partial charge in [-0.25, -0.2) is 8.78 Å². The third-order valence-electron chi connectivity index (χ3n) is 3.49. The van der Waals surface area contributed by atoms with Gasteiger partial charge in [-0.3, -0.25) is 4.79 Å². The van der Waals surface area contributed by atoms with Crippen molar-refractivity contribution in [3.05, 3.63) is 35.4 Å². The number of amides is 1. The van der Waals surface area contributed by atoms with Gasteiger partial charge in [0.25, 0.3) is 0 Å². The summed E-state index contributed by atoms with van der Waals surface area (Å²) in [7, 11) is 0. The van der Waals surface area contributed by atoms with Crippen LogP contribution in [0, 0.1) is 17.6 Å². The van der Waals surface area contributed by atoms with E-state index in [4.69, 9.17) is 0 Å². The molecule has 0 bridgehead atoms. The van der Waals surface area contributed by atoms with E-state index in [0.717, 1.165) is 44.1 Å². The molecule has 0 spiro atoms. The molecule has 2 rings (SSSR count). The summed E-state index contributed by atoms with van der Waals surface area (Å²) < 4.78 is 26.7. The van der Waals surface area contributed by atoms with E-state index in [1.54, 1.807) is 6.92 Å². The van der Waals surface area contributed by atoms with E-state index < -0.39 is 17.7 Å². The molecule has 0 radical (unpaired) electrons. The van der Waals surface area contributed by atoms with Crippen molar-refractivity contribution in [1.82, 2.24) is 10.6 Å². The second kappa shape index (κ2) is 6.10. The number of carbonyl (C=O) groups is 1. The molecular weight excluding hydrogens is 250 g/mol. The maximum atomic E-state index is 13.6. The molecule has 1 heterocycles. The predicted octanol–water partition coefficient (Wildman–Crippen LogP) is 2.14. The van der Waals surface area contributed by atoms with Gasteiger partial charge in [-0.05, 0) is 51.1 Å². The van der Waals surface area contributed by atoms with Gasteiger partial charge in [0.2, 0.25) is 5.91 Å². The molecule has 0 saturated carbocycles. The van der Waals surface area contributed by atoms with Crippen LogP contribution in [0.2, 0.25) is 0 Å². The highest BCUT2D eigenvalue weighted by atomic mass is 19.1. The van der Waals surface area contributed by atoms with Gasteiger partial charge < -0.3 is 10.6 Å². The molecule has 0 aromatic heterocycles. The molecular formula is C14H18F2N2O. The number of carbonyl (C=O) groups excluding carboxylic acids is 1. The SMILES string of the molecule is CC(NC(=O)C1CCNCC1)c1cc(F)ccc1F. The molecule has 3 nitrogen and oxygen atoms in total. The van der Waals surface area contributed by atoms with E-state index in [9.17, 15) is 13.6 Å². The largest absolute Gasteiger partial charge is 0.349 e. The Morgan fingerprint density at radius 3 is 2.74 bits per heavy atom. The Morgan fingerprint density at radius 2 is 2.05 bits per heavy atom. The van der Waals surface area contributed by atoms with Crippen LogP contribution in [0.25, 0.3) is 0 Å². The van der Waals surface area contributed by atoms with Crippen molar-refractivity contribution in [3.63, 3.8) is 0 Å². The molecule has 1 aromatic rings. The zero-order valence-corrected chi connectivity index (χ0v) is 10.9. The van der Waals surface area contributed by atoms with Crippen molar-refractivity contribution in [1.29, 1.82) is 0 Å². The summed E-state index contributed by atoms with van der Waals surface area (Å²) in [6.07, 6.45) is 1.56. The first kappa shape index (κ1) is 13.9. The van der Waals surface area contributed by atoms with Gasteiger partial charge in [0, 0.05) is 11.5 Å². The zero-order chi connectivity index (χ0) is 13.8. The molecule has 1 unspecified atom stereocenters. The monoisotopic (exact) mass is 268 g/mol. The summed E-state index contributed by atoms with van der Waals surface area (Å²) in [6.45, 7) is 3.30. The summed E-state index contributed by atoms with van der Waals surface area (Å²) in [4.78, 5) is 12.0. The summed E-state index contributed by atoms with van der Waals surface area (Å²) in [5, 5.41) is 5.94. The highest BCUT2D eigenvalue weighted by Gasteiger charge is 2.23. The minimum Gasteiger partial charge on any atom is -0.349 e. The fraction of sp³-hybridized carbons (Fsp3) is 0.500. The van der Waals surface area contributed by atoms with Gasteiger partial charge in [0.05, 0.1) is 6.04 Å². The number of nitrogens with one attached hydrogen (secondary N) is 2. The van der Waals surface area contributed by atoms with Gasteiger partial charge in [0.15, 0.2) is 0 Å². The second-order valence-corrected chi connectivity index (χ2v) is 4.92. The van der Waals surface area contributed by atoms with E-state index in [2.05, 4.69) is 10.6 Å². The van der Waals surface area contributed by atoms with Crippen molar-refractivity contribution in [3.8, 4) is 0 Å². The van der Waals surface area contributed by atoms with Crippen molar-refractivity contribution in [2.45, 2.75) is 25.8 Å². The Bertz CT molecular complexity index is 459. The number of hydrogen-bond donors (Lipinski definition) is 2. The van der Waals surface area contributed by atoms with Gasteiger partial charge in [0.1, 0.15) is 11.6 Å². The normalized spacial score (nSPS) is 18.1. The molecule has 1 saturated heterocycles. The Hall–Kier alpha value is -1.49. The third kappa shape index (κ3) is 3.50. The summed E-state index contributed by atoms with van der Waals surface area (Å²) in [6, 6.07) is 2.75. The molecule has 104 valence electrons. The van der Waals surface area contributed by atoms with Crippen molar-refractivity contribution < 1.29 is 13.6 Å². The lowest BCUT2D eigenvalue weighted by Crippen LogP contribution is -2.39. The molecule has 1 fully saturated rings. The van der Waals surface area contributed by atoms with Crippen LogP contribution in [0.4, 0.5) is 8.78 Å². The van der Waals surface area contributed by atoms with Gasteiger partial charge in [-0.15, -0.1) is 0 Å². The van der Waals surface area contributed by atoms with Crippen LogP contribution in [0.3, 0.4) is 0 Å². The summed E-state index contributed by atoms with van der Waals surface area (Å²) in [5.74, 6) is -1.13. The fourth-order valence-electron chi connectivity index (χ4n) is 2.34. The molecule has 1 atom stereocenters. The Kier molecular flexibility index (Phi) is 4.47. The van der Waals surface area contributed by atoms with E-state index in [0.29, 0.717) is 0 Å². The smallest absolute Gasteiger partial charge is 0.223 e. The lowest BCUT2D eigenvalue weighted by atomic mass is 9.96. The minimum atomic E-state index is -0.530. The van der Waals surface area contributed by atoms with Crippen LogP contribution in [0.15, 0.2) is 18.2 Å². The van der Waals surface area contributed by atoms with E-state index in [1.807, 2.05) is 0 Å².